The Balaban J connectivity index is 1.88. The number of rotatable bonds is 13. The molecule has 0 aliphatic carbocycles. The molecule has 4 rings (SSSR count). The first-order chi connectivity index (χ1) is 22.7. The Labute approximate surface area is 284 Å². The van der Waals surface area contributed by atoms with Crippen molar-refractivity contribution in [2.45, 2.75) is 64.1 Å². The maximum Gasteiger partial charge on any atom is 0.264 e. The number of methoxy groups -OCH3 is 2. The van der Waals surface area contributed by atoms with Gasteiger partial charge < -0.3 is 19.7 Å². The van der Waals surface area contributed by atoms with Crippen LogP contribution in [0.4, 0.5) is 5.69 Å². The quantitative estimate of drug-likeness (QED) is 0.185. The molecule has 48 heavy (non-hydrogen) atoms. The summed E-state index contributed by atoms with van der Waals surface area (Å²) < 4.78 is 40.9. The molecule has 0 bridgehead atoms. The molecule has 0 aromatic heterocycles. The minimum absolute atomic E-state index is 0.0223. The molecular weight excluding hydrogens is 627 g/mol. The Hall–Kier alpha value is -4.83. The Morgan fingerprint density at radius 1 is 0.792 bits per heavy atom. The van der Waals surface area contributed by atoms with E-state index in [1.807, 2.05) is 83.1 Å². The van der Waals surface area contributed by atoms with Gasteiger partial charge in [-0.05, 0) is 87.7 Å². The third-order valence-corrected chi connectivity index (χ3v) is 9.52. The Bertz CT molecular complexity index is 1820. The van der Waals surface area contributed by atoms with Crippen molar-refractivity contribution in [1.29, 1.82) is 0 Å². The maximum absolute atomic E-state index is 14.8. The molecule has 0 heterocycles. The normalized spacial score (nSPS) is 12.1. The van der Waals surface area contributed by atoms with Gasteiger partial charge in [-0.3, -0.25) is 13.9 Å². The van der Waals surface area contributed by atoms with Crippen molar-refractivity contribution in [3.63, 3.8) is 0 Å². The second kappa shape index (κ2) is 15.4. The van der Waals surface area contributed by atoms with Crippen molar-refractivity contribution in [2.75, 3.05) is 25.1 Å². The molecule has 1 atom stereocenters. The summed E-state index contributed by atoms with van der Waals surface area (Å²) in [4.78, 5) is 30.3. The van der Waals surface area contributed by atoms with E-state index in [9.17, 15) is 18.0 Å². The zero-order chi connectivity index (χ0) is 35.1. The number of aryl methyl sites for hydroxylation is 2. The molecule has 2 amide bonds. The minimum atomic E-state index is -4.28. The highest BCUT2D eigenvalue weighted by Gasteiger charge is 2.36. The number of sulfonamides is 1. The molecule has 0 aliphatic heterocycles. The van der Waals surface area contributed by atoms with E-state index in [0.29, 0.717) is 11.3 Å². The van der Waals surface area contributed by atoms with Crippen molar-refractivity contribution < 1.29 is 27.5 Å². The van der Waals surface area contributed by atoms with Crippen LogP contribution in [0.2, 0.25) is 0 Å². The fourth-order valence-electron chi connectivity index (χ4n) is 5.32. The summed E-state index contributed by atoms with van der Waals surface area (Å²) in [5.74, 6) is -0.0489. The summed E-state index contributed by atoms with van der Waals surface area (Å²) in [5, 5.41) is 3.05. The fourth-order valence-corrected chi connectivity index (χ4v) is 6.74. The lowest BCUT2D eigenvalue weighted by molar-refractivity contribution is -0.140. The molecule has 0 radical (unpaired) electrons. The van der Waals surface area contributed by atoms with Gasteiger partial charge in [0.15, 0.2) is 0 Å². The minimum Gasteiger partial charge on any atom is -0.497 e. The monoisotopic (exact) mass is 671 g/mol. The average molecular weight is 672 g/mol. The van der Waals surface area contributed by atoms with Crippen LogP contribution in [-0.4, -0.2) is 57.5 Å². The molecule has 9 nitrogen and oxygen atoms in total. The highest BCUT2D eigenvalue weighted by atomic mass is 32.2. The fraction of sp³-hybridized carbons (Fsp3) is 0.316. The largest absolute Gasteiger partial charge is 0.497 e. The standard InChI is InChI=1S/C38H45N3O6S/c1-27-16-19-32(20-17-27)48(44,45)41(33-22-28(2)18-21-35(33)47-7)26-36(42)40(25-30-14-11-15-31(23-30)46-6)34(37(43)39-38(3,4)5)24-29-12-9-8-10-13-29/h8-23,34H,24-26H2,1-7H3,(H,39,43). The average Bonchev–Trinajstić information content (AvgIpc) is 3.05. The van der Waals surface area contributed by atoms with Gasteiger partial charge in [-0.2, -0.15) is 0 Å². The summed E-state index contributed by atoms with van der Waals surface area (Å²) in [5.41, 5.74) is 2.85. The highest BCUT2D eigenvalue weighted by Crippen LogP contribution is 2.34. The molecule has 0 saturated carbocycles. The van der Waals surface area contributed by atoms with Gasteiger partial charge in [-0.25, -0.2) is 8.42 Å². The molecule has 0 spiro atoms. The maximum atomic E-state index is 14.8. The lowest BCUT2D eigenvalue weighted by Gasteiger charge is -2.35. The van der Waals surface area contributed by atoms with Gasteiger partial charge in [-0.15, -0.1) is 0 Å². The van der Waals surface area contributed by atoms with Crippen molar-refractivity contribution in [1.82, 2.24) is 10.2 Å². The number of carbonyl (C=O) groups is 2. The van der Waals surface area contributed by atoms with Gasteiger partial charge in [0, 0.05) is 18.5 Å². The number of nitrogens with one attached hydrogen (secondary N) is 1. The number of nitrogens with zero attached hydrogens (tertiary/aromatic N) is 2. The van der Waals surface area contributed by atoms with Gasteiger partial charge in [0.25, 0.3) is 10.0 Å². The number of hydrogen-bond acceptors (Lipinski definition) is 6. The molecule has 4 aromatic carbocycles. The molecule has 254 valence electrons. The highest BCUT2D eigenvalue weighted by molar-refractivity contribution is 7.92. The first-order valence-electron chi connectivity index (χ1n) is 15.7. The Morgan fingerprint density at radius 3 is 2.06 bits per heavy atom. The van der Waals surface area contributed by atoms with Crippen LogP contribution in [0, 0.1) is 13.8 Å². The van der Waals surface area contributed by atoms with E-state index < -0.39 is 34.1 Å². The number of hydrogen-bond donors (Lipinski definition) is 1. The molecular formula is C38H45N3O6S. The molecule has 10 heteroatoms. The predicted molar refractivity (Wildman–Crippen MR) is 189 cm³/mol. The van der Waals surface area contributed by atoms with Gasteiger partial charge in [0.2, 0.25) is 11.8 Å². The topological polar surface area (TPSA) is 105 Å². The second-order valence-corrected chi connectivity index (χ2v) is 14.7. The van der Waals surface area contributed by atoms with Gasteiger partial charge in [0.05, 0.1) is 24.8 Å². The van der Waals surface area contributed by atoms with Gasteiger partial charge in [0.1, 0.15) is 24.1 Å². The van der Waals surface area contributed by atoms with Crippen molar-refractivity contribution in [3.8, 4) is 11.5 Å². The molecule has 0 fully saturated rings. The van der Waals surface area contributed by atoms with Crippen LogP contribution in [0.15, 0.2) is 102 Å². The Morgan fingerprint density at radius 2 is 1.44 bits per heavy atom. The van der Waals surface area contributed by atoms with E-state index >= 15 is 0 Å². The summed E-state index contributed by atoms with van der Waals surface area (Å²) in [6, 6.07) is 27.3. The van der Waals surface area contributed by atoms with Crippen molar-refractivity contribution in [3.05, 3.63) is 119 Å². The zero-order valence-corrected chi connectivity index (χ0v) is 29.5. The van der Waals surface area contributed by atoms with E-state index in [2.05, 4.69) is 5.32 Å². The van der Waals surface area contributed by atoms with E-state index in [1.54, 1.807) is 43.5 Å². The lowest BCUT2D eigenvalue weighted by atomic mass is 10.0. The number of anilines is 1. The van der Waals surface area contributed by atoms with Gasteiger partial charge >= 0.3 is 0 Å². The van der Waals surface area contributed by atoms with Crippen LogP contribution in [0.25, 0.3) is 0 Å². The summed E-state index contributed by atoms with van der Waals surface area (Å²) >= 11 is 0. The molecule has 4 aromatic rings. The van der Waals surface area contributed by atoms with Crippen molar-refractivity contribution >= 4 is 27.5 Å². The van der Waals surface area contributed by atoms with Crippen LogP contribution in [-0.2, 0) is 32.6 Å². The number of carbonyl (C=O) groups excluding carboxylic acids is 2. The number of benzene rings is 4. The van der Waals surface area contributed by atoms with E-state index in [4.69, 9.17) is 9.47 Å². The van der Waals surface area contributed by atoms with Crippen molar-refractivity contribution in [2.24, 2.45) is 0 Å². The smallest absolute Gasteiger partial charge is 0.264 e. The van der Waals surface area contributed by atoms with Crippen LogP contribution in [0.1, 0.15) is 43.0 Å². The third-order valence-electron chi connectivity index (χ3n) is 7.75. The van der Waals surface area contributed by atoms with Gasteiger partial charge in [-0.1, -0.05) is 66.2 Å². The number of ether oxygens (including phenoxy) is 2. The van der Waals surface area contributed by atoms with Crippen LogP contribution in [0.5, 0.6) is 11.5 Å². The third kappa shape index (κ3) is 9.16. The summed E-state index contributed by atoms with van der Waals surface area (Å²) in [6.07, 6.45) is 0.205. The van der Waals surface area contributed by atoms with E-state index in [1.165, 1.54) is 24.1 Å². The van der Waals surface area contributed by atoms with Crippen LogP contribution in [0.3, 0.4) is 0 Å². The van der Waals surface area contributed by atoms with E-state index in [-0.39, 0.29) is 35.2 Å². The molecule has 1 unspecified atom stereocenters. The second-order valence-electron chi connectivity index (χ2n) is 12.8. The zero-order valence-electron chi connectivity index (χ0n) is 28.7. The number of amides is 2. The van der Waals surface area contributed by atoms with Crippen LogP contribution < -0.4 is 19.1 Å². The summed E-state index contributed by atoms with van der Waals surface area (Å²) in [7, 11) is -1.27. The first kappa shape index (κ1) is 36.0. The Kier molecular flexibility index (Phi) is 11.5. The molecule has 0 aliphatic rings. The van der Waals surface area contributed by atoms with E-state index in [0.717, 1.165) is 21.0 Å². The SMILES string of the molecule is COc1cccc(CN(C(=O)CN(c2cc(C)ccc2OC)S(=O)(=O)c2ccc(C)cc2)C(Cc2ccccc2)C(=O)NC(C)(C)C)c1. The van der Waals surface area contributed by atoms with Crippen LogP contribution >= 0.6 is 0 Å². The lowest BCUT2D eigenvalue weighted by Crippen LogP contribution is -2.56. The summed E-state index contributed by atoms with van der Waals surface area (Å²) in [6.45, 7) is 8.76. The predicted octanol–water partition coefficient (Wildman–Crippen LogP) is 6.07. The molecule has 0 saturated heterocycles. The first-order valence-corrected chi connectivity index (χ1v) is 17.2. The molecule has 1 N–H and O–H groups in total.